The number of aromatic nitrogens is 2. The molecule has 14 heteroatoms. The molecule has 0 unspecified atom stereocenters. The highest BCUT2D eigenvalue weighted by Crippen LogP contribution is 2.42. The lowest BCUT2D eigenvalue weighted by Crippen LogP contribution is -2.31. The molecule has 5 rings (SSSR count). The molecular formula is C27H31F3N6O3S2. The first-order valence-electron chi connectivity index (χ1n) is 13.2. The molecule has 0 bridgehead atoms. The number of anilines is 3. The summed E-state index contributed by atoms with van der Waals surface area (Å²) in [6.07, 6.45) is -2.39. The fourth-order valence-electron chi connectivity index (χ4n) is 5.06. The lowest BCUT2D eigenvalue weighted by molar-refractivity contribution is -0.137. The third-order valence-electron chi connectivity index (χ3n) is 7.57. The normalized spacial score (nSPS) is 19.0. The monoisotopic (exact) mass is 608 g/mol. The van der Waals surface area contributed by atoms with Gasteiger partial charge in [-0.05, 0) is 56.8 Å². The summed E-state index contributed by atoms with van der Waals surface area (Å²) >= 11 is 0.690. The molecule has 2 aliphatic heterocycles. The van der Waals surface area contributed by atoms with Crippen LogP contribution in [0.5, 0.6) is 0 Å². The van der Waals surface area contributed by atoms with E-state index in [0.29, 0.717) is 35.7 Å². The Labute approximate surface area is 240 Å². The molecule has 0 spiro atoms. The number of likely N-dealkylation sites (N-methyl/N-ethyl adjacent to an activating group) is 1. The van der Waals surface area contributed by atoms with Crippen LogP contribution in [0, 0.1) is 0 Å². The summed E-state index contributed by atoms with van der Waals surface area (Å²) in [5.41, 5.74) is 1.07. The molecule has 9 nitrogen and oxygen atoms in total. The van der Waals surface area contributed by atoms with E-state index in [-0.39, 0.29) is 32.9 Å². The lowest BCUT2D eigenvalue weighted by Gasteiger charge is -2.23. The molecule has 41 heavy (non-hydrogen) atoms. The number of aryl methyl sites for hydroxylation is 1. The van der Waals surface area contributed by atoms with Crippen molar-refractivity contribution >= 4 is 44.4 Å². The van der Waals surface area contributed by atoms with Gasteiger partial charge in [0.1, 0.15) is 10.4 Å². The van der Waals surface area contributed by atoms with Crippen LogP contribution in [0.3, 0.4) is 0 Å². The average molecular weight is 609 g/mol. The molecule has 1 saturated heterocycles. The fraction of sp³-hybridized carbons (Fsp3) is 0.444. The quantitative estimate of drug-likeness (QED) is 0.436. The maximum Gasteiger partial charge on any atom is 0.420 e. The number of hydrogen-bond donors (Lipinski definition) is 1. The number of nitrogens with one attached hydrogen (secondary N) is 1. The first kappa shape index (κ1) is 29.3. The highest BCUT2D eigenvalue weighted by Gasteiger charge is 2.38. The molecule has 2 aliphatic rings. The van der Waals surface area contributed by atoms with Crippen LogP contribution in [0.15, 0.2) is 35.4 Å². The van der Waals surface area contributed by atoms with Gasteiger partial charge in [-0.25, -0.2) is 18.4 Å². The number of benzene rings is 1. The van der Waals surface area contributed by atoms with Crippen molar-refractivity contribution in [1.82, 2.24) is 19.8 Å². The van der Waals surface area contributed by atoms with Gasteiger partial charge in [0.15, 0.2) is 9.84 Å². The topological polar surface area (TPSA) is 98.7 Å². The van der Waals surface area contributed by atoms with Crippen LogP contribution in [0.1, 0.15) is 34.1 Å². The first-order valence-corrected chi connectivity index (χ1v) is 15.6. The van der Waals surface area contributed by atoms with Gasteiger partial charge in [0.25, 0.3) is 5.91 Å². The zero-order valence-corrected chi connectivity index (χ0v) is 24.8. The Bertz CT molecular complexity index is 1590. The van der Waals surface area contributed by atoms with Crippen LogP contribution < -0.4 is 10.2 Å². The van der Waals surface area contributed by atoms with Crippen LogP contribution in [0.25, 0.3) is 10.6 Å². The number of fused-ring (bicyclic) bond motifs is 1. The van der Waals surface area contributed by atoms with Crippen LogP contribution in [-0.2, 0) is 22.4 Å². The number of nitrogens with zero attached hydrogens (tertiary/aromatic N) is 5. The van der Waals surface area contributed by atoms with Gasteiger partial charge in [-0.2, -0.15) is 13.2 Å². The third kappa shape index (κ3) is 5.77. The second-order valence-electron chi connectivity index (χ2n) is 10.5. The summed E-state index contributed by atoms with van der Waals surface area (Å²) in [6, 6.07) is 7.49. The Hall–Kier alpha value is -3.23. The largest absolute Gasteiger partial charge is 0.420 e. The number of halogens is 3. The van der Waals surface area contributed by atoms with Crippen molar-refractivity contribution in [2.24, 2.45) is 0 Å². The van der Waals surface area contributed by atoms with Gasteiger partial charge in [0.2, 0.25) is 5.95 Å². The van der Waals surface area contributed by atoms with Crippen molar-refractivity contribution in [3.8, 4) is 10.6 Å². The van der Waals surface area contributed by atoms with Gasteiger partial charge in [0, 0.05) is 50.3 Å². The Kier molecular flexibility index (Phi) is 7.76. The van der Waals surface area contributed by atoms with E-state index in [2.05, 4.69) is 45.2 Å². The van der Waals surface area contributed by atoms with Gasteiger partial charge < -0.3 is 20.0 Å². The summed E-state index contributed by atoms with van der Waals surface area (Å²) < 4.78 is 67.7. The summed E-state index contributed by atoms with van der Waals surface area (Å²) in [5, 5.41) is 3.06. The summed E-state index contributed by atoms with van der Waals surface area (Å²) in [6.45, 7) is 3.83. The van der Waals surface area contributed by atoms with E-state index in [1.165, 1.54) is 11.9 Å². The first-order chi connectivity index (χ1) is 19.3. The Morgan fingerprint density at radius 1 is 1.20 bits per heavy atom. The minimum Gasteiger partial charge on any atom is -0.370 e. The second-order valence-corrected chi connectivity index (χ2v) is 13.6. The maximum atomic E-state index is 14.0. The molecular weight excluding hydrogens is 577 g/mol. The van der Waals surface area contributed by atoms with Gasteiger partial charge in [-0.1, -0.05) is 6.92 Å². The van der Waals surface area contributed by atoms with Crippen molar-refractivity contribution in [2.75, 3.05) is 56.7 Å². The Morgan fingerprint density at radius 2 is 1.95 bits per heavy atom. The molecule has 4 heterocycles. The molecule has 0 saturated carbocycles. The predicted octanol–water partition coefficient (Wildman–Crippen LogP) is 4.53. The Balaban J connectivity index is 1.51. The molecule has 0 aliphatic carbocycles. The minimum atomic E-state index is -4.80. The van der Waals surface area contributed by atoms with E-state index in [0.717, 1.165) is 36.8 Å². The lowest BCUT2D eigenvalue weighted by atomic mass is 10.1. The molecule has 1 amide bonds. The molecule has 1 aromatic carbocycles. The van der Waals surface area contributed by atoms with Crippen molar-refractivity contribution in [1.29, 1.82) is 0 Å². The standard InChI is InChI=1S/C27H31F3N6O3S2/c1-5-16-12-17(36-9-8-18(15-36)34(2)3)6-7-20(16)32-26-31-14-19(27(28,29)30)23(33-26)21-13-22-24(40-21)25(37)35(4)10-11-41(22,38)39/h6-7,12-14,18H,5,8-11,15H2,1-4H3,(H,31,32,33)/t18-/m0/s1. The fourth-order valence-corrected chi connectivity index (χ4v) is 8.09. The van der Waals surface area contributed by atoms with Crippen LogP contribution in [0.4, 0.5) is 30.5 Å². The summed E-state index contributed by atoms with van der Waals surface area (Å²) in [7, 11) is 1.73. The minimum absolute atomic E-state index is 0.000177. The number of alkyl halides is 3. The number of hydrogen-bond acceptors (Lipinski definition) is 9. The van der Waals surface area contributed by atoms with Crippen molar-refractivity contribution in [2.45, 2.75) is 36.9 Å². The highest BCUT2D eigenvalue weighted by molar-refractivity contribution is 7.91. The van der Waals surface area contributed by atoms with E-state index >= 15 is 0 Å². The van der Waals surface area contributed by atoms with E-state index in [1.54, 1.807) is 0 Å². The predicted molar refractivity (Wildman–Crippen MR) is 153 cm³/mol. The smallest absolute Gasteiger partial charge is 0.370 e. The van der Waals surface area contributed by atoms with E-state index in [4.69, 9.17) is 0 Å². The highest BCUT2D eigenvalue weighted by atomic mass is 32.2. The molecule has 1 fully saturated rings. The zero-order valence-electron chi connectivity index (χ0n) is 23.1. The number of rotatable bonds is 6. The average Bonchev–Trinajstić information content (AvgIpc) is 3.58. The maximum absolute atomic E-state index is 14.0. The molecule has 0 radical (unpaired) electrons. The summed E-state index contributed by atoms with van der Waals surface area (Å²) in [5.74, 6) is -0.940. The number of amides is 1. The van der Waals surface area contributed by atoms with Crippen molar-refractivity contribution in [3.63, 3.8) is 0 Å². The van der Waals surface area contributed by atoms with E-state index < -0.39 is 33.2 Å². The van der Waals surface area contributed by atoms with Gasteiger partial charge >= 0.3 is 6.18 Å². The van der Waals surface area contributed by atoms with Crippen LogP contribution in [0.2, 0.25) is 0 Å². The zero-order chi connectivity index (χ0) is 29.7. The Morgan fingerprint density at radius 3 is 2.61 bits per heavy atom. The van der Waals surface area contributed by atoms with E-state index in [9.17, 15) is 26.4 Å². The van der Waals surface area contributed by atoms with Gasteiger partial charge in [-0.3, -0.25) is 4.79 Å². The van der Waals surface area contributed by atoms with E-state index in [1.807, 2.05) is 19.1 Å². The molecule has 2 aromatic heterocycles. The SMILES string of the molecule is CCc1cc(N2CC[C@H](N(C)C)C2)ccc1Nc1ncc(C(F)(F)F)c(-c2cc3c(s2)C(=O)N(C)CCS3(=O)=O)n1. The number of carbonyl (C=O) groups excluding carboxylic acids is 1. The molecule has 220 valence electrons. The number of sulfone groups is 1. The second kappa shape index (κ2) is 10.9. The molecule has 1 N–H and O–H groups in total. The van der Waals surface area contributed by atoms with Gasteiger partial charge in [-0.15, -0.1) is 11.3 Å². The number of thiophene rings is 1. The van der Waals surface area contributed by atoms with Crippen molar-refractivity contribution in [3.05, 3.63) is 46.5 Å². The molecule has 3 aromatic rings. The van der Waals surface area contributed by atoms with Crippen LogP contribution >= 0.6 is 11.3 Å². The third-order valence-corrected chi connectivity index (χ3v) is 10.5. The van der Waals surface area contributed by atoms with Gasteiger partial charge in [0.05, 0.1) is 21.2 Å². The summed E-state index contributed by atoms with van der Waals surface area (Å²) in [4.78, 5) is 26.3. The van der Waals surface area contributed by atoms with Crippen molar-refractivity contribution < 1.29 is 26.4 Å². The van der Waals surface area contributed by atoms with Crippen LogP contribution in [-0.4, -0.2) is 86.7 Å². The number of carbonyl (C=O) groups is 1. The molecule has 1 atom stereocenters.